The molecule has 148 valence electrons. The first-order chi connectivity index (χ1) is 13.0. The van der Waals surface area contributed by atoms with Crippen LogP contribution >= 0.6 is 0 Å². The van der Waals surface area contributed by atoms with E-state index < -0.39 is 12.2 Å². The van der Waals surface area contributed by atoms with Gasteiger partial charge in [0.2, 0.25) is 0 Å². The van der Waals surface area contributed by atoms with Gasteiger partial charge in [0.1, 0.15) is 5.78 Å². The van der Waals surface area contributed by atoms with Crippen LogP contribution in [0.15, 0.2) is 24.3 Å². The van der Waals surface area contributed by atoms with Crippen molar-refractivity contribution in [3.63, 3.8) is 0 Å². The van der Waals surface area contributed by atoms with Gasteiger partial charge in [-0.1, -0.05) is 49.9 Å². The van der Waals surface area contributed by atoms with Crippen molar-refractivity contribution >= 4 is 17.5 Å². The maximum absolute atomic E-state index is 12.8. The third-order valence-corrected chi connectivity index (χ3v) is 4.92. The molecule has 1 N–H and O–H groups in total. The number of fused-ring (bicyclic) bond motifs is 1. The molecule has 1 aromatic carbocycles. The Labute approximate surface area is 161 Å². The number of aryl methyl sites for hydroxylation is 1. The molecule has 1 aliphatic heterocycles. The summed E-state index contributed by atoms with van der Waals surface area (Å²) in [5.41, 5.74) is 1.70. The number of carbonyl (C=O) groups is 3. The largest absolute Gasteiger partial charge is 0.449 e. The molecule has 0 amide bonds. The monoisotopic (exact) mass is 374 g/mol. The summed E-state index contributed by atoms with van der Waals surface area (Å²) in [6, 6.07) is 7.54. The summed E-state index contributed by atoms with van der Waals surface area (Å²) in [5, 5.41) is 10.00. The number of aliphatic hydroxyl groups is 1. The fourth-order valence-electron chi connectivity index (χ4n) is 3.55. The number of cyclic esters (lactones) is 1. The zero-order chi connectivity index (χ0) is 19.6. The topological polar surface area (TPSA) is 80.7 Å². The molecule has 0 spiro atoms. The third-order valence-electron chi connectivity index (χ3n) is 4.92. The lowest BCUT2D eigenvalue weighted by Crippen LogP contribution is -2.25. The van der Waals surface area contributed by atoms with Gasteiger partial charge >= 0.3 is 5.97 Å². The molecule has 0 radical (unpaired) electrons. The summed E-state index contributed by atoms with van der Waals surface area (Å²) in [7, 11) is 0. The van der Waals surface area contributed by atoms with Crippen molar-refractivity contribution in [2.45, 2.75) is 83.3 Å². The number of ether oxygens (including phenoxy) is 1. The molecule has 1 heterocycles. The Balaban J connectivity index is 2.24. The first-order valence-electron chi connectivity index (χ1n) is 9.95. The molecule has 0 unspecified atom stereocenters. The van der Waals surface area contributed by atoms with Gasteiger partial charge in [0.15, 0.2) is 11.9 Å². The van der Waals surface area contributed by atoms with Crippen LogP contribution < -0.4 is 0 Å². The predicted octanol–water partition coefficient (Wildman–Crippen LogP) is 3.86. The Morgan fingerprint density at radius 2 is 1.67 bits per heavy atom. The maximum atomic E-state index is 12.8. The number of hydrogen-bond donors (Lipinski definition) is 1. The summed E-state index contributed by atoms with van der Waals surface area (Å²) >= 11 is 0. The second-order valence-electron chi connectivity index (χ2n) is 7.42. The molecule has 0 bridgehead atoms. The number of aliphatic hydroxyl groups excluding tert-OH is 1. The molecule has 2 atom stereocenters. The van der Waals surface area contributed by atoms with Crippen LogP contribution in [0, 0.1) is 0 Å². The Morgan fingerprint density at radius 3 is 2.37 bits per heavy atom. The number of rotatable bonds is 5. The van der Waals surface area contributed by atoms with E-state index >= 15 is 0 Å². The quantitative estimate of drug-likeness (QED) is 0.792. The molecule has 5 heteroatoms. The van der Waals surface area contributed by atoms with E-state index in [0.29, 0.717) is 12.0 Å². The SMILES string of the molecule is CC(=O)C[C@H](O)CC(=O)[C@H]1OC(=O)CCCCCCCCc2ccccc21. The lowest BCUT2D eigenvalue weighted by Gasteiger charge is -2.21. The van der Waals surface area contributed by atoms with Gasteiger partial charge < -0.3 is 9.84 Å². The van der Waals surface area contributed by atoms with Crippen molar-refractivity contribution in [3.8, 4) is 0 Å². The molecule has 5 nitrogen and oxygen atoms in total. The number of esters is 1. The second-order valence-corrected chi connectivity index (χ2v) is 7.42. The Morgan fingerprint density at radius 1 is 1.04 bits per heavy atom. The summed E-state index contributed by atoms with van der Waals surface area (Å²) in [6.07, 6.45) is 4.92. The van der Waals surface area contributed by atoms with Crippen molar-refractivity contribution in [2.24, 2.45) is 0 Å². The van der Waals surface area contributed by atoms with Crippen LogP contribution in [0.3, 0.4) is 0 Å². The molecule has 0 saturated carbocycles. The molecule has 27 heavy (non-hydrogen) atoms. The number of ketones is 2. The second kappa shape index (κ2) is 11.0. The van der Waals surface area contributed by atoms with Crippen molar-refractivity contribution < 1.29 is 24.2 Å². The van der Waals surface area contributed by atoms with Crippen molar-refractivity contribution in [1.29, 1.82) is 0 Å². The summed E-state index contributed by atoms with van der Waals surface area (Å²) in [5.74, 6) is -0.925. The van der Waals surface area contributed by atoms with E-state index in [4.69, 9.17) is 4.74 Å². The van der Waals surface area contributed by atoms with E-state index in [1.165, 1.54) is 6.92 Å². The Kier molecular flexibility index (Phi) is 8.65. The van der Waals surface area contributed by atoms with Gasteiger partial charge in [0.05, 0.1) is 6.10 Å². The summed E-state index contributed by atoms with van der Waals surface area (Å²) < 4.78 is 5.57. The number of benzene rings is 1. The highest BCUT2D eigenvalue weighted by Crippen LogP contribution is 2.27. The van der Waals surface area contributed by atoms with E-state index in [2.05, 4.69) is 0 Å². The molecule has 0 aliphatic carbocycles. The number of hydrogen-bond acceptors (Lipinski definition) is 5. The summed E-state index contributed by atoms with van der Waals surface area (Å²) in [6.45, 7) is 1.38. The first-order valence-corrected chi connectivity index (χ1v) is 9.95. The third kappa shape index (κ3) is 7.25. The fourth-order valence-corrected chi connectivity index (χ4v) is 3.55. The maximum Gasteiger partial charge on any atom is 0.306 e. The van der Waals surface area contributed by atoms with Crippen LogP contribution in [0.25, 0.3) is 0 Å². The lowest BCUT2D eigenvalue weighted by molar-refractivity contribution is -0.156. The van der Waals surface area contributed by atoms with Gasteiger partial charge in [-0.15, -0.1) is 0 Å². The van der Waals surface area contributed by atoms with Crippen molar-refractivity contribution in [3.05, 3.63) is 35.4 Å². The molecule has 1 aliphatic rings. The average Bonchev–Trinajstić information content (AvgIpc) is 2.62. The van der Waals surface area contributed by atoms with E-state index in [1.54, 1.807) is 0 Å². The average molecular weight is 374 g/mol. The van der Waals surface area contributed by atoms with Crippen LogP contribution in [-0.4, -0.2) is 28.7 Å². The van der Waals surface area contributed by atoms with Gasteiger partial charge in [-0.05, 0) is 31.7 Å². The van der Waals surface area contributed by atoms with Crippen molar-refractivity contribution in [1.82, 2.24) is 0 Å². The first kappa shape index (κ1) is 21.3. The van der Waals surface area contributed by atoms with E-state index in [1.807, 2.05) is 24.3 Å². The normalized spacial score (nSPS) is 20.2. The smallest absolute Gasteiger partial charge is 0.306 e. The highest BCUT2D eigenvalue weighted by molar-refractivity contribution is 5.88. The standard InChI is InChI=1S/C22H30O5/c1-16(23)14-18(24)15-20(25)22-19-12-9-8-11-17(19)10-6-4-2-3-5-7-13-21(26)27-22/h8-9,11-12,18,22,24H,2-7,10,13-15H2,1H3/t18-,22-/m0/s1. The fraction of sp³-hybridized carbons (Fsp3) is 0.591. The highest BCUT2D eigenvalue weighted by Gasteiger charge is 2.28. The zero-order valence-corrected chi connectivity index (χ0v) is 16.1. The number of Topliss-reactive ketones (excluding diaryl/α,β-unsaturated/α-hetero) is 2. The van der Waals surface area contributed by atoms with Gasteiger partial charge in [0, 0.05) is 24.8 Å². The van der Waals surface area contributed by atoms with Gasteiger partial charge in [0.25, 0.3) is 0 Å². The highest BCUT2D eigenvalue weighted by atomic mass is 16.5. The molecular formula is C22H30O5. The number of carbonyl (C=O) groups excluding carboxylic acids is 3. The Hall–Kier alpha value is -2.01. The van der Waals surface area contributed by atoms with Gasteiger partial charge in [-0.25, -0.2) is 0 Å². The molecule has 0 fully saturated rings. The minimum Gasteiger partial charge on any atom is -0.449 e. The van der Waals surface area contributed by atoms with Crippen LogP contribution in [0.5, 0.6) is 0 Å². The Bertz CT molecular complexity index is 652. The lowest BCUT2D eigenvalue weighted by atomic mass is 9.93. The minimum absolute atomic E-state index is 0.0753. The molecular weight excluding hydrogens is 344 g/mol. The van der Waals surface area contributed by atoms with Gasteiger partial charge in [-0.2, -0.15) is 0 Å². The van der Waals surface area contributed by atoms with Gasteiger partial charge in [-0.3, -0.25) is 14.4 Å². The minimum atomic E-state index is -1.05. The van der Waals surface area contributed by atoms with Crippen LogP contribution in [-0.2, 0) is 25.5 Å². The predicted molar refractivity (Wildman–Crippen MR) is 102 cm³/mol. The molecule has 0 saturated heterocycles. The van der Waals surface area contributed by atoms with E-state index in [0.717, 1.165) is 50.5 Å². The van der Waals surface area contributed by atoms with E-state index in [-0.39, 0.29) is 30.4 Å². The van der Waals surface area contributed by atoms with Crippen molar-refractivity contribution in [2.75, 3.05) is 0 Å². The van der Waals surface area contributed by atoms with Crippen LogP contribution in [0.4, 0.5) is 0 Å². The summed E-state index contributed by atoms with van der Waals surface area (Å²) in [4.78, 5) is 36.3. The zero-order valence-electron chi connectivity index (χ0n) is 16.1. The molecule has 1 aromatic rings. The van der Waals surface area contributed by atoms with Crippen LogP contribution in [0.1, 0.15) is 81.9 Å². The molecule has 2 rings (SSSR count). The molecule has 0 aromatic heterocycles. The van der Waals surface area contributed by atoms with E-state index in [9.17, 15) is 19.5 Å². The van der Waals surface area contributed by atoms with Crippen LogP contribution in [0.2, 0.25) is 0 Å².